The first kappa shape index (κ1) is 10.2. The van der Waals surface area contributed by atoms with Crippen molar-refractivity contribution in [2.75, 3.05) is 0 Å². The molecule has 0 aliphatic rings. The molecule has 0 atom stereocenters. The Morgan fingerprint density at radius 3 is 1.80 bits per heavy atom. The summed E-state index contributed by atoms with van der Waals surface area (Å²) >= 11 is 3.34. The first-order valence-corrected chi connectivity index (χ1v) is 5.22. The molecule has 0 heterocycles. The van der Waals surface area contributed by atoms with Crippen LogP contribution in [0.25, 0.3) is 0 Å². The molecule has 0 aromatic heterocycles. The first-order valence-electron chi connectivity index (χ1n) is 4.43. The van der Waals surface area contributed by atoms with E-state index in [1.165, 1.54) is 12.1 Å². The molecule has 0 radical (unpaired) electrons. The second-order valence-corrected chi connectivity index (χ2v) is 3.93. The van der Waals surface area contributed by atoms with Crippen LogP contribution >= 0.6 is 15.9 Å². The van der Waals surface area contributed by atoms with Crippen LogP contribution in [0.15, 0.2) is 53.0 Å². The maximum absolute atomic E-state index is 12.6. The van der Waals surface area contributed by atoms with Crippen molar-refractivity contribution in [2.24, 2.45) is 0 Å². The molecule has 0 fully saturated rings. The number of halogens is 2. The zero-order valence-corrected chi connectivity index (χ0v) is 9.37. The molecule has 0 unspecified atom stereocenters. The van der Waals surface area contributed by atoms with Crippen LogP contribution in [0.3, 0.4) is 0 Å². The summed E-state index contributed by atoms with van der Waals surface area (Å²) in [5, 5.41) is 0. The zero-order chi connectivity index (χ0) is 10.7. The maximum atomic E-state index is 12.6. The van der Waals surface area contributed by atoms with Crippen molar-refractivity contribution in [3.63, 3.8) is 0 Å². The van der Waals surface area contributed by atoms with Gasteiger partial charge in [0.05, 0.1) is 0 Å². The Labute approximate surface area is 95.6 Å². The van der Waals surface area contributed by atoms with Crippen LogP contribution in [-0.2, 0) is 0 Å². The molecule has 0 saturated heterocycles. The fraction of sp³-hybridized carbons (Fsp3) is 0. The van der Waals surface area contributed by atoms with Crippen molar-refractivity contribution in [3.05, 3.63) is 58.8 Å². The molecule has 15 heavy (non-hydrogen) atoms. The van der Waals surface area contributed by atoms with Crippen molar-refractivity contribution in [2.45, 2.75) is 0 Å². The van der Waals surface area contributed by atoms with Crippen LogP contribution < -0.4 is 4.74 Å². The zero-order valence-electron chi connectivity index (χ0n) is 7.78. The Kier molecular flexibility index (Phi) is 3.02. The SMILES string of the molecule is Fc1ccc(Oc2ccc(Br)cc2)cc1. The van der Waals surface area contributed by atoms with Gasteiger partial charge in [0, 0.05) is 4.47 Å². The van der Waals surface area contributed by atoms with Crippen LogP contribution in [0.2, 0.25) is 0 Å². The molecule has 0 amide bonds. The second-order valence-electron chi connectivity index (χ2n) is 3.01. The van der Waals surface area contributed by atoms with Crippen LogP contribution in [0.1, 0.15) is 0 Å². The summed E-state index contributed by atoms with van der Waals surface area (Å²) in [7, 11) is 0. The van der Waals surface area contributed by atoms with Crippen LogP contribution in [0.5, 0.6) is 11.5 Å². The Bertz CT molecular complexity index is 393. The lowest BCUT2D eigenvalue weighted by Crippen LogP contribution is -1.83. The van der Waals surface area contributed by atoms with Gasteiger partial charge in [-0.15, -0.1) is 0 Å². The molecule has 2 rings (SSSR count). The fourth-order valence-electron chi connectivity index (χ4n) is 1.14. The third-order valence-corrected chi connectivity index (χ3v) is 2.39. The number of benzene rings is 2. The number of hydrogen-bond donors (Lipinski definition) is 0. The number of rotatable bonds is 2. The highest BCUT2D eigenvalue weighted by atomic mass is 79.9. The summed E-state index contributed by atoms with van der Waals surface area (Å²) in [6.07, 6.45) is 0. The molecule has 0 spiro atoms. The summed E-state index contributed by atoms with van der Waals surface area (Å²) in [6.45, 7) is 0. The van der Waals surface area contributed by atoms with Gasteiger partial charge in [0.15, 0.2) is 0 Å². The van der Waals surface area contributed by atoms with Gasteiger partial charge in [-0.1, -0.05) is 15.9 Å². The monoisotopic (exact) mass is 266 g/mol. The summed E-state index contributed by atoms with van der Waals surface area (Å²) in [5.74, 6) is 1.08. The summed E-state index contributed by atoms with van der Waals surface area (Å²) in [4.78, 5) is 0. The molecule has 3 heteroatoms. The van der Waals surface area contributed by atoms with Gasteiger partial charge >= 0.3 is 0 Å². The van der Waals surface area contributed by atoms with Crippen LogP contribution in [-0.4, -0.2) is 0 Å². The van der Waals surface area contributed by atoms with Gasteiger partial charge < -0.3 is 4.74 Å². The first-order chi connectivity index (χ1) is 7.24. The highest BCUT2D eigenvalue weighted by Gasteiger charge is 1.97. The average molecular weight is 267 g/mol. The van der Waals surface area contributed by atoms with Gasteiger partial charge in [-0.3, -0.25) is 0 Å². The summed E-state index contributed by atoms with van der Waals surface area (Å²) < 4.78 is 19.1. The molecule has 2 aromatic carbocycles. The lowest BCUT2D eigenvalue weighted by molar-refractivity contribution is 0.480. The molecular formula is C12H8BrFO. The number of hydrogen-bond acceptors (Lipinski definition) is 1. The van der Waals surface area contributed by atoms with Crippen molar-refractivity contribution < 1.29 is 9.13 Å². The lowest BCUT2D eigenvalue weighted by atomic mass is 10.3. The van der Waals surface area contributed by atoms with Crippen molar-refractivity contribution >= 4 is 15.9 Å². The van der Waals surface area contributed by atoms with Crippen molar-refractivity contribution in [3.8, 4) is 11.5 Å². The molecule has 2 aromatic rings. The normalized spacial score (nSPS) is 10.0. The van der Waals surface area contributed by atoms with Crippen molar-refractivity contribution in [1.82, 2.24) is 0 Å². The van der Waals surface area contributed by atoms with E-state index in [1.54, 1.807) is 12.1 Å². The molecule has 1 nitrogen and oxygen atoms in total. The van der Waals surface area contributed by atoms with E-state index in [2.05, 4.69) is 15.9 Å². The largest absolute Gasteiger partial charge is 0.457 e. The Morgan fingerprint density at radius 2 is 1.27 bits per heavy atom. The quantitative estimate of drug-likeness (QED) is 0.784. The number of ether oxygens (including phenoxy) is 1. The van der Waals surface area contributed by atoms with E-state index >= 15 is 0 Å². The van der Waals surface area contributed by atoms with Gasteiger partial charge in [0.1, 0.15) is 17.3 Å². The maximum Gasteiger partial charge on any atom is 0.127 e. The minimum atomic E-state index is -0.266. The van der Waals surface area contributed by atoms with Crippen LogP contribution in [0, 0.1) is 5.82 Å². The van der Waals surface area contributed by atoms with Gasteiger partial charge in [-0.05, 0) is 48.5 Å². The van der Waals surface area contributed by atoms with Gasteiger partial charge in [-0.2, -0.15) is 0 Å². The average Bonchev–Trinajstić information content (AvgIpc) is 2.25. The minimum Gasteiger partial charge on any atom is -0.457 e. The highest BCUT2D eigenvalue weighted by Crippen LogP contribution is 2.23. The second kappa shape index (κ2) is 4.45. The lowest BCUT2D eigenvalue weighted by Gasteiger charge is -2.04. The topological polar surface area (TPSA) is 9.23 Å². The van der Waals surface area contributed by atoms with E-state index in [9.17, 15) is 4.39 Å². The van der Waals surface area contributed by atoms with E-state index in [0.717, 1.165) is 10.2 Å². The van der Waals surface area contributed by atoms with E-state index in [0.29, 0.717) is 5.75 Å². The Balaban J connectivity index is 2.15. The van der Waals surface area contributed by atoms with E-state index in [4.69, 9.17) is 4.74 Å². The van der Waals surface area contributed by atoms with E-state index < -0.39 is 0 Å². The van der Waals surface area contributed by atoms with Crippen LogP contribution in [0.4, 0.5) is 4.39 Å². The summed E-state index contributed by atoms with van der Waals surface area (Å²) in [5.41, 5.74) is 0. The van der Waals surface area contributed by atoms with Gasteiger partial charge in [0.25, 0.3) is 0 Å². The Hall–Kier alpha value is -1.35. The molecule has 76 valence electrons. The molecule has 0 aliphatic carbocycles. The molecule has 0 saturated carbocycles. The van der Waals surface area contributed by atoms with Gasteiger partial charge in [0.2, 0.25) is 0 Å². The van der Waals surface area contributed by atoms with Gasteiger partial charge in [-0.25, -0.2) is 4.39 Å². The molecular weight excluding hydrogens is 259 g/mol. The third-order valence-electron chi connectivity index (χ3n) is 1.86. The predicted octanol–water partition coefficient (Wildman–Crippen LogP) is 4.38. The predicted molar refractivity (Wildman–Crippen MR) is 60.6 cm³/mol. The minimum absolute atomic E-state index is 0.266. The third kappa shape index (κ3) is 2.80. The Morgan fingerprint density at radius 1 is 0.800 bits per heavy atom. The fourth-order valence-corrected chi connectivity index (χ4v) is 1.41. The smallest absolute Gasteiger partial charge is 0.127 e. The van der Waals surface area contributed by atoms with Crippen molar-refractivity contribution in [1.29, 1.82) is 0 Å². The summed E-state index contributed by atoms with van der Waals surface area (Å²) in [6, 6.07) is 13.4. The molecule has 0 N–H and O–H groups in total. The highest BCUT2D eigenvalue weighted by molar-refractivity contribution is 9.10. The molecule has 0 bridgehead atoms. The van der Waals surface area contributed by atoms with E-state index in [-0.39, 0.29) is 5.82 Å². The van der Waals surface area contributed by atoms with E-state index in [1.807, 2.05) is 24.3 Å². The standard InChI is InChI=1S/C12H8BrFO/c13-9-1-5-11(6-2-9)15-12-7-3-10(14)4-8-12/h1-8H. The molecule has 0 aliphatic heterocycles.